The molecule has 6 rings (SSSR count). The van der Waals surface area contributed by atoms with Gasteiger partial charge in [-0.3, -0.25) is 14.4 Å². The Bertz CT molecular complexity index is 1640. The van der Waals surface area contributed by atoms with Crippen molar-refractivity contribution >= 4 is 27.7 Å². The van der Waals surface area contributed by atoms with Gasteiger partial charge in [0.1, 0.15) is 6.04 Å². The fourth-order valence-electron chi connectivity index (χ4n) is 7.88. The minimum atomic E-state index is -4.67. The van der Waals surface area contributed by atoms with Crippen LogP contribution in [0.1, 0.15) is 61.8 Å². The molecule has 1 aromatic heterocycles. The van der Waals surface area contributed by atoms with E-state index in [0.29, 0.717) is 48.7 Å². The van der Waals surface area contributed by atoms with Crippen LogP contribution >= 0.6 is 11.8 Å². The van der Waals surface area contributed by atoms with E-state index in [1.807, 2.05) is 9.58 Å². The number of carbonyl (C=O) groups excluding carboxylic acids is 1. The van der Waals surface area contributed by atoms with Gasteiger partial charge in [-0.25, -0.2) is 8.42 Å². The maximum atomic E-state index is 14.1. The second kappa shape index (κ2) is 15.0. The Kier molecular flexibility index (Phi) is 11.2. The standard InChI is InChI=1S/C33H44F6N6O3S2/c1-50(47,48)43-18-11-27-25(22-43)31(40-45(27)15-4-12-41-16-9-24(10-17-41)44-14-3-6-30(44)46)23-7-8-26(32(34,35)36)28(21-23)49-20-19-42-13-2-5-29(42)33(37,38)39/h7-8,21,24,29H,2-6,9-20,22H2,1H3. The van der Waals surface area contributed by atoms with Crippen molar-refractivity contribution in [1.82, 2.24) is 28.8 Å². The van der Waals surface area contributed by atoms with Crippen LogP contribution in [0.3, 0.4) is 0 Å². The number of thioether (sulfide) groups is 1. The molecule has 2 aromatic rings. The highest BCUT2D eigenvalue weighted by Gasteiger charge is 2.45. The van der Waals surface area contributed by atoms with Gasteiger partial charge in [0.2, 0.25) is 15.9 Å². The minimum Gasteiger partial charge on any atom is -0.340 e. The quantitative estimate of drug-likeness (QED) is 0.222. The van der Waals surface area contributed by atoms with Gasteiger partial charge in [0, 0.05) is 92.2 Å². The van der Waals surface area contributed by atoms with Gasteiger partial charge in [-0.15, -0.1) is 11.8 Å². The first-order valence-electron chi connectivity index (χ1n) is 17.3. The Hall–Kier alpha value is -2.34. The number of rotatable bonds is 11. The summed E-state index contributed by atoms with van der Waals surface area (Å²) in [6, 6.07) is 2.42. The van der Waals surface area contributed by atoms with Crippen LogP contribution in [0.25, 0.3) is 11.3 Å². The number of sulfonamides is 1. The predicted octanol–water partition coefficient (Wildman–Crippen LogP) is 5.48. The molecular formula is C33H44F6N6O3S2. The summed E-state index contributed by atoms with van der Waals surface area (Å²) in [6.45, 7) is 4.53. The van der Waals surface area contributed by atoms with Crippen molar-refractivity contribution in [2.24, 2.45) is 0 Å². The number of hydrogen-bond acceptors (Lipinski definition) is 7. The number of piperidine rings is 1. The Labute approximate surface area is 293 Å². The van der Waals surface area contributed by atoms with Crippen LogP contribution in [0.5, 0.6) is 0 Å². The van der Waals surface area contributed by atoms with Gasteiger partial charge in [0.05, 0.1) is 17.5 Å². The first-order chi connectivity index (χ1) is 23.6. The van der Waals surface area contributed by atoms with Crippen molar-refractivity contribution in [2.75, 3.05) is 57.8 Å². The van der Waals surface area contributed by atoms with Crippen LogP contribution in [-0.2, 0) is 40.5 Å². The van der Waals surface area contributed by atoms with Gasteiger partial charge < -0.3 is 9.80 Å². The molecule has 0 aliphatic carbocycles. The van der Waals surface area contributed by atoms with E-state index in [0.717, 1.165) is 81.6 Å². The molecule has 278 valence electrons. The van der Waals surface area contributed by atoms with Crippen LogP contribution in [0.2, 0.25) is 0 Å². The Morgan fingerprint density at radius 2 is 1.68 bits per heavy atom. The summed E-state index contributed by atoms with van der Waals surface area (Å²) in [5.74, 6) is 0.288. The van der Waals surface area contributed by atoms with Gasteiger partial charge in [0.15, 0.2) is 0 Å². The summed E-state index contributed by atoms with van der Waals surface area (Å²) >= 11 is 0.872. The molecule has 1 atom stereocenters. The van der Waals surface area contributed by atoms with E-state index < -0.39 is 34.0 Å². The van der Waals surface area contributed by atoms with E-state index in [1.54, 1.807) is 0 Å². The highest BCUT2D eigenvalue weighted by molar-refractivity contribution is 7.99. The molecule has 50 heavy (non-hydrogen) atoms. The van der Waals surface area contributed by atoms with Crippen molar-refractivity contribution in [3.63, 3.8) is 0 Å². The van der Waals surface area contributed by atoms with Gasteiger partial charge in [-0.05, 0) is 63.7 Å². The van der Waals surface area contributed by atoms with E-state index in [4.69, 9.17) is 5.10 Å². The molecule has 1 amide bonds. The molecule has 4 aliphatic rings. The third-order valence-electron chi connectivity index (χ3n) is 10.5. The van der Waals surface area contributed by atoms with Crippen molar-refractivity contribution in [3.8, 4) is 11.3 Å². The molecule has 0 N–H and O–H groups in total. The molecule has 0 bridgehead atoms. The Morgan fingerprint density at radius 1 is 0.920 bits per heavy atom. The minimum absolute atomic E-state index is 0.00222. The summed E-state index contributed by atoms with van der Waals surface area (Å²) in [6.07, 6.45) is -2.97. The topological polar surface area (TPSA) is 82.0 Å². The Balaban J connectivity index is 1.19. The van der Waals surface area contributed by atoms with Crippen molar-refractivity contribution in [3.05, 3.63) is 35.0 Å². The number of alkyl halides is 6. The molecule has 0 saturated carbocycles. The molecule has 4 aliphatic heterocycles. The van der Waals surface area contributed by atoms with E-state index in [1.165, 1.54) is 21.3 Å². The fourth-order valence-corrected chi connectivity index (χ4v) is 9.76. The molecule has 1 unspecified atom stereocenters. The van der Waals surface area contributed by atoms with Crippen LogP contribution in [0.4, 0.5) is 26.3 Å². The summed E-state index contributed by atoms with van der Waals surface area (Å²) in [7, 11) is -3.55. The normalized spacial score (nSPS) is 22.2. The third kappa shape index (κ3) is 8.48. The first kappa shape index (κ1) is 37.4. The van der Waals surface area contributed by atoms with Gasteiger partial charge in [0.25, 0.3) is 0 Å². The summed E-state index contributed by atoms with van der Waals surface area (Å²) in [4.78, 5) is 17.8. The highest BCUT2D eigenvalue weighted by atomic mass is 32.2. The maximum Gasteiger partial charge on any atom is 0.417 e. The zero-order chi connectivity index (χ0) is 35.8. The van der Waals surface area contributed by atoms with Crippen molar-refractivity contribution in [1.29, 1.82) is 0 Å². The summed E-state index contributed by atoms with van der Waals surface area (Å²) in [5, 5.41) is 4.86. The van der Waals surface area contributed by atoms with Crippen molar-refractivity contribution < 1.29 is 39.6 Å². The molecule has 3 saturated heterocycles. The monoisotopic (exact) mass is 750 g/mol. The number of benzene rings is 1. The van der Waals surface area contributed by atoms with Crippen LogP contribution in [0.15, 0.2) is 23.1 Å². The second-order valence-electron chi connectivity index (χ2n) is 13.8. The lowest BCUT2D eigenvalue weighted by Crippen LogP contribution is -2.45. The van der Waals surface area contributed by atoms with Gasteiger partial charge in [-0.1, -0.05) is 6.07 Å². The molecule has 9 nitrogen and oxygen atoms in total. The number of amides is 1. The van der Waals surface area contributed by atoms with E-state index >= 15 is 0 Å². The third-order valence-corrected chi connectivity index (χ3v) is 12.7. The number of hydrogen-bond donors (Lipinski definition) is 0. The molecule has 17 heteroatoms. The van der Waals surface area contributed by atoms with E-state index in [2.05, 4.69) is 4.90 Å². The van der Waals surface area contributed by atoms with Crippen LogP contribution in [0, 0.1) is 0 Å². The average molecular weight is 751 g/mol. The molecule has 3 fully saturated rings. The highest BCUT2D eigenvalue weighted by Crippen LogP contribution is 2.41. The van der Waals surface area contributed by atoms with Crippen LogP contribution in [-0.4, -0.2) is 119 Å². The number of carbonyl (C=O) groups is 1. The lowest BCUT2D eigenvalue weighted by molar-refractivity contribution is -0.175. The van der Waals surface area contributed by atoms with Gasteiger partial charge in [-0.2, -0.15) is 35.7 Å². The molecular weight excluding hydrogens is 707 g/mol. The number of aryl methyl sites for hydroxylation is 1. The zero-order valence-corrected chi connectivity index (χ0v) is 29.7. The first-order valence-corrected chi connectivity index (χ1v) is 20.1. The number of fused-ring (bicyclic) bond motifs is 1. The number of nitrogens with zero attached hydrogens (tertiary/aromatic N) is 6. The largest absolute Gasteiger partial charge is 0.417 e. The molecule has 0 spiro atoms. The maximum absolute atomic E-state index is 14.1. The van der Waals surface area contributed by atoms with Gasteiger partial charge >= 0.3 is 12.4 Å². The summed E-state index contributed by atoms with van der Waals surface area (Å²) in [5.41, 5.74) is 1.45. The number of aromatic nitrogens is 2. The second-order valence-corrected chi connectivity index (χ2v) is 16.9. The molecule has 1 aromatic carbocycles. The lowest BCUT2D eigenvalue weighted by atomic mass is 10.0. The predicted molar refractivity (Wildman–Crippen MR) is 178 cm³/mol. The van der Waals surface area contributed by atoms with Crippen LogP contribution < -0.4 is 0 Å². The van der Waals surface area contributed by atoms with E-state index in [9.17, 15) is 39.6 Å². The fraction of sp³-hybridized carbons (Fsp3) is 0.697. The number of halogens is 6. The Morgan fingerprint density at radius 3 is 2.34 bits per heavy atom. The molecule has 0 radical (unpaired) electrons. The average Bonchev–Trinajstić information content (AvgIpc) is 3.79. The summed E-state index contributed by atoms with van der Waals surface area (Å²) < 4.78 is 111. The SMILES string of the molecule is CS(=O)(=O)N1CCc2c(c(-c3ccc(C(F)(F)F)c(SCCN4CCCC4C(F)(F)F)c3)nn2CCCN2CCC(N3CCCC3=O)CC2)C1. The van der Waals surface area contributed by atoms with Crippen molar-refractivity contribution in [2.45, 2.75) is 93.8 Å². The number of likely N-dealkylation sites (tertiary alicyclic amines) is 3. The molecule has 5 heterocycles. The van der Waals surface area contributed by atoms with E-state index in [-0.39, 0.29) is 49.2 Å². The zero-order valence-electron chi connectivity index (χ0n) is 28.1. The lowest BCUT2D eigenvalue weighted by Gasteiger charge is -2.36. The smallest absolute Gasteiger partial charge is 0.340 e.